The normalized spacial score (nSPS) is 14.5. The average molecular weight is 213 g/mol. The molecule has 2 nitrogen and oxygen atoms in total. The quantitative estimate of drug-likeness (QED) is 0.756. The number of nitrogens with zero attached hydrogens (tertiary/aromatic N) is 2. The van der Waals surface area contributed by atoms with Crippen molar-refractivity contribution in [3.8, 4) is 6.07 Å². The van der Waals surface area contributed by atoms with Crippen molar-refractivity contribution in [1.29, 1.82) is 5.26 Å². The van der Waals surface area contributed by atoms with Crippen molar-refractivity contribution in [2.75, 3.05) is 0 Å². The highest BCUT2D eigenvalue weighted by Crippen LogP contribution is 2.27. The molecule has 0 aliphatic carbocycles. The van der Waals surface area contributed by atoms with Crippen LogP contribution in [-0.4, -0.2) is 4.98 Å². The summed E-state index contributed by atoms with van der Waals surface area (Å²) in [5.74, 6) is -0.525. The van der Waals surface area contributed by atoms with Crippen LogP contribution in [0.15, 0.2) is 12.3 Å². The minimum absolute atomic E-state index is 0.159. The highest BCUT2D eigenvalue weighted by Gasteiger charge is 2.29. The first kappa shape index (κ1) is 10.9. The second-order valence-electron chi connectivity index (χ2n) is 3.28. The lowest BCUT2D eigenvalue weighted by atomic mass is 9.85. The van der Waals surface area contributed by atoms with Crippen LogP contribution in [-0.2, 0) is 5.41 Å². The van der Waals surface area contributed by atoms with E-state index in [0.29, 0.717) is 6.42 Å². The molecule has 1 aromatic heterocycles. The number of nitriles is 1. The SMILES string of the molecule is CCC(C)(C#N)c1ncc(Cl)cc1F. The molecule has 1 aromatic rings. The van der Waals surface area contributed by atoms with Crippen molar-refractivity contribution in [2.45, 2.75) is 25.7 Å². The highest BCUT2D eigenvalue weighted by atomic mass is 35.5. The molecule has 0 bridgehead atoms. The van der Waals surface area contributed by atoms with Crippen LogP contribution in [0.4, 0.5) is 4.39 Å². The van der Waals surface area contributed by atoms with Crippen LogP contribution >= 0.6 is 11.6 Å². The van der Waals surface area contributed by atoms with Gasteiger partial charge >= 0.3 is 0 Å². The van der Waals surface area contributed by atoms with Gasteiger partial charge in [0.25, 0.3) is 0 Å². The van der Waals surface area contributed by atoms with E-state index in [1.54, 1.807) is 6.92 Å². The van der Waals surface area contributed by atoms with E-state index >= 15 is 0 Å². The van der Waals surface area contributed by atoms with E-state index in [4.69, 9.17) is 16.9 Å². The van der Waals surface area contributed by atoms with Gasteiger partial charge in [-0.3, -0.25) is 4.98 Å². The first-order valence-electron chi connectivity index (χ1n) is 4.26. The summed E-state index contributed by atoms with van der Waals surface area (Å²) in [6.07, 6.45) is 1.86. The summed E-state index contributed by atoms with van der Waals surface area (Å²) >= 11 is 5.57. The molecule has 1 atom stereocenters. The van der Waals surface area contributed by atoms with Crippen LogP contribution in [0.3, 0.4) is 0 Å². The zero-order valence-corrected chi connectivity index (χ0v) is 8.77. The smallest absolute Gasteiger partial charge is 0.147 e. The molecule has 14 heavy (non-hydrogen) atoms. The molecular weight excluding hydrogens is 203 g/mol. The number of pyridine rings is 1. The van der Waals surface area contributed by atoms with Crippen LogP contribution in [0.2, 0.25) is 5.02 Å². The fourth-order valence-electron chi connectivity index (χ4n) is 1.12. The zero-order valence-electron chi connectivity index (χ0n) is 8.01. The number of rotatable bonds is 2. The minimum Gasteiger partial charge on any atom is -0.255 e. The average Bonchev–Trinajstić information content (AvgIpc) is 2.17. The monoisotopic (exact) mass is 212 g/mol. The summed E-state index contributed by atoms with van der Waals surface area (Å²) in [6, 6.07) is 3.23. The summed E-state index contributed by atoms with van der Waals surface area (Å²) in [5.41, 5.74) is -0.721. The number of hydrogen-bond acceptors (Lipinski definition) is 2. The third-order valence-corrected chi connectivity index (χ3v) is 2.49. The predicted molar refractivity (Wildman–Crippen MR) is 52.5 cm³/mol. The van der Waals surface area contributed by atoms with Crippen molar-refractivity contribution < 1.29 is 4.39 Å². The van der Waals surface area contributed by atoms with Gasteiger partial charge < -0.3 is 0 Å². The lowest BCUT2D eigenvalue weighted by molar-refractivity contribution is 0.506. The van der Waals surface area contributed by atoms with Crippen LogP contribution in [0.1, 0.15) is 26.0 Å². The van der Waals surface area contributed by atoms with Gasteiger partial charge in [-0.25, -0.2) is 4.39 Å². The third kappa shape index (κ3) is 1.85. The molecule has 0 saturated heterocycles. The fourth-order valence-corrected chi connectivity index (χ4v) is 1.26. The van der Waals surface area contributed by atoms with Gasteiger partial charge in [0, 0.05) is 6.20 Å². The maximum Gasteiger partial charge on any atom is 0.147 e. The van der Waals surface area contributed by atoms with Crippen LogP contribution < -0.4 is 0 Å². The summed E-state index contributed by atoms with van der Waals surface area (Å²) in [6.45, 7) is 3.48. The van der Waals surface area contributed by atoms with Gasteiger partial charge in [0.2, 0.25) is 0 Å². The van der Waals surface area contributed by atoms with Gasteiger partial charge in [-0.15, -0.1) is 0 Å². The van der Waals surface area contributed by atoms with Crippen molar-refractivity contribution in [3.63, 3.8) is 0 Å². The maximum atomic E-state index is 13.4. The Morgan fingerprint density at radius 2 is 2.36 bits per heavy atom. The topological polar surface area (TPSA) is 36.7 Å². The standard InChI is InChI=1S/C10H10ClFN2/c1-3-10(2,6-13)9-8(12)4-7(11)5-14-9/h4-5H,3H2,1-2H3. The van der Waals surface area contributed by atoms with Crippen LogP contribution in [0.25, 0.3) is 0 Å². The maximum absolute atomic E-state index is 13.4. The van der Waals surface area contributed by atoms with E-state index in [1.807, 2.05) is 6.92 Å². The van der Waals surface area contributed by atoms with Gasteiger partial charge in [0.15, 0.2) is 0 Å². The Bertz CT molecular complexity index is 386. The van der Waals surface area contributed by atoms with Crippen LogP contribution in [0.5, 0.6) is 0 Å². The Morgan fingerprint density at radius 3 is 2.79 bits per heavy atom. The summed E-state index contributed by atoms with van der Waals surface area (Å²) in [5, 5.41) is 9.18. The minimum atomic E-state index is -0.880. The van der Waals surface area contributed by atoms with Gasteiger partial charge in [-0.2, -0.15) is 5.26 Å². The molecule has 0 aliphatic rings. The highest BCUT2D eigenvalue weighted by molar-refractivity contribution is 6.30. The first-order chi connectivity index (χ1) is 6.53. The Kier molecular flexibility index (Phi) is 3.07. The van der Waals surface area contributed by atoms with Gasteiger partial charge in [-0.1, -0.05) is 18.5 Å². The van der Waals surface area contributed by atoms with E-state index in [-0.39, 0.29) is 10.7 Å². The van der Waals surface area contributed by atoms with Crippen molar-refractivity contribution >= 4 is 11.6 Å². The first-order valence-corrected chi connectivity index (χ1v) is 4.64. The molecule has 0 aromatic carbocycles. The number of halogens is 2. The Morgan fingerprint density at radius 1 is 1.71 bits per heavy atom. The van der Waals surface area contributed by atoms with Crippen molar-refractivity contribution in [2.24, 2.45) is 0 Å². The van der Waals surface area contributed by atoms with Gasteiger partial charge in [0.05, 0.1) is 22.2 Å². The van der Waals surface area contributed by atoms with Crippen molar-refractivity contribution in [3.05, 3.63) is 28.8 Å². The summed E-state index contributed by atoms with van der Waals surface area (Å²) in [7, 11) is 0. The van der Waals surface area contributed by atoms with E-state index in [2.05, 4.69) is 11.1 Å². The molecule has 74 valence electrons. The molecule has 0 spiro atoms. The lowest BCUT2D eigenvalue weighted by Crippen LogP contribution is -2.21. The third-order valence-electron chi connectivity index (χ3n) is 2.28. The van der Waals surface area contributed by atoms with Crippen molar-refractivity contribution in [1.82, 2.24) is 4.98 Å². The van der Waals surface area contributed by atoms with Gasteiger partial charge in [0.1, 0.15) is 5.82 Å². The fraction of sp³-hybridized carbons (Fsp3) is 0.400. The molecule has 0 amide bonds. The van der Waals surface area contributed by atoms with Crippen LogP contribution in [0, 0.1) is 17.1 Å². The number of aromatic nitrogens is 1. The van der Waals surface area contributed by atoms with E-state index in [1.165, 1.54) is 12.3 Å². The van der Waals surface area contributed by atoms with E-state index in [9.17, 15) is 4.39 Å². The molecule has 1 unspecified atom stereocenters. The van der Waals surface area contributed by atoms with Gasteiger partial charge in [-0.05, 0) is 19.4 Å². The largest absolute Gasteiger partial charge is 0.255 e. The molecule has 1 rings (SSSR count). The summed E-state index contributed by atoms with van der Waals surface area (Å²) in [4.78, 5) is 3.86. The molecule has 0 fully saturated rings. The molecule has 0 radical (unpaired) electrons. The number of hydrogen-bond donors (Lipinski definition) is 0. The molecule has 0 N–H and O–H groups in total. The van der Waals surface area contributed by atoms with E-state index in [0.717, 1.165) is 0 Å². The second kappa shape index (κ2) is 3.93. The second-order valence-corrected chi connectivity index (χ2v) is 3.72. The lowest BCUT2D eigenvalue weighted by Gasteiger charge is -2.18. The Balaban J connectivity index is 3.26. The van der Waals surface area contributed by atoms with E-state index < -0.39 is 11.2 Å². The molecule has 0 saturated carbocycles. The zero-order chi connectivity index (χ0) is 10.8. The molecule has 1 heterocycles. The predicted octanol–water partition coefficient (Wildman–Crippen LogP) is 3.07. The Labute approximate surface area is 87.3 Å². The molecule has 4 heteroatoms. The molecule has 0 aliphatic heterocycles. The summed E-state index contributed by atoms with van der Waals surface area (Å²) < 4.78 is 13.4. The Hall–Kier alpha value is -1.14. The molecular formula is C10H10ClFN2.